The van der Waals surface area contributed by atoms with E-state index in [1.54, 1.807) is 0 Å². The molecule has 1 heterocycles. The zero-order valence-corrected chi connectivity index (χ0v) is 27.6. The van der Waals surface area contributed by atoms with Gasteiger partial charge in [-0.2, -0.15) is 5.26 Å². The Kier molecular flexibility index (Phi) is 11.0. The standard InChI is InChI=1S/C34H35Cl2F2N3O5/c1-33(2,3)17-27-34(18-39,22-11-10-20(35)16-24(22)37)28(21-7-6-8-23(36)29(21)38)30(41-27)31(42)40-25-12-9-19(15-26(25)45-5)32(43)46-14-13-44-4/h6-12,15-16,27-28,30,41H,13-14,17H2,1-5H3,(H,40,42)/t27-,28-,30+,34-/m0/s1. The number of carbonyl (C=O) groups excluding carboxylic acids is 2. The number of ether oxygens (including phenoxy) is 3. The van der Waals surface area contributed by atoms with Crippen LogP contribution in [0.5, 0.6) is 5.75 Å². The minimum absolute atomic E-state index is 0.0326. The number of anilines is 1. The summed E-state index contributed by atoms with van der Waals surface area (Å²) in [6, 6.07) is 12.8. The number of hydrogen-bond acceptors (Lipinski definition) is 7. The Bertz CT molecular complexity index is 1660. The first-order chi connectivity index (χ1) is 21.8. The molecule has 0 unspecified atom stereocenters. The van der Waals surface area contributed by atoms with Crippen molar-refractivity contribution < 1.29 is 32.6 Å². The Morgan fingerprint density at radius 2 is 1.80 bits per heavy atom. The highest BCUT2D eigenvalue weighted by Crippen LogP contribution is 2.53. The van der Waals surface area contributed by atoms with Crippen molar-refractivity contribution in [2.75, 3.05) is 32.8 Å². The van der Waals surface area contributed by atoms with E-state index in [0.29, 0.717) is 6.42 Å². The topological polar surface area (TPSA) is 110 Å². The number of halogens is 4. The van der Waals surface area contributed by atoms with Crippen molar-refractivity contribution >= 4 is 40.8 Å². The molecule has 0 spiro atoms. The van der Waals surface area contributed by atoms with E-state index in [0.717, 1.165) is 6.07 Å². The lowest BCUT2D eigenvalue weighted by Gasteiger charge is -2.37. The summed E-state index contributed by atoms with van der Waals surface area (Å²) in [5.74, 6) is -3.95. The smallest absolute Gasteiger partial charge is 0.338 e. The van der Waals surface area contributed by atoms with Crippen LogP contribution in [0.15, 0.2) is 54.6 Å². The Hall–Kier alpha value is -3.75. The molecular formula is C34H35Cl2F2N3O5. The van der Waals surface area contributed by atoms with E-state index in [2.05, 4.69) is 16.7 Å². The lowest BCUT2D eigenvalue weighted by molar-refractivity contribution is -0.118. The Morgan fingerprint density at radius 3 is 2.43 bits per heavy atom. The SMILES string of the molecule is COCCOC(=O)c1ccc(NC(=O)[C@@H]2N[C@@H](CC(C)(C)C)[C@](C#N)(c3ccc(Cl)cc3F)[C@H]2c2cccc(Cl)c2F)c(OC)c1. The second-order valence-corrected chi connectivity index (χ2v) is 13.1. The first-order valence-electron chi connectivity index (χ1n) is 14.5. The molecule has 1 fully saturated rings. The minimum atomic E-state index is -1.78. The first kappa shape index (κ1) is 35.1. The van der Waals surface area contributed by atoms with Gasteiger partial charge in [-0.25, -0.2) is 13.6 Å². The third-order valence-electron chi connectivity index (χ3n) is 7.95. The predicted molar refractivity (Wildman–Crippen MR) is 171 cm³/mol. The van der Waals surface area contributed by atoms with Crippen LogP contribution >= 0.6 is 23.2 Å². The summed E-state index contributed by atoms with van der Waals surface area (Å²) in [5, 5.41) is 17.0. The van der Waals surface area contributed by atoms with Crippen molar-refractivity contribution in [2.45, 2.75) is 50.6 Å². The fourth-order valence-electron chi connectivity index (χ4n) is 5.99. The maximum Gasteiger partial charge on any atom is 0.338 e. The number of nitrogens with zero attached hydrogens (tertiary/aromatic N) is 1. The Balaban J connectivity index is 1.85. The molecule has 0 aliphatic carbocycles. The van der Waals surface area contributed by atoms with Gasteiger partial charge >= 0.3 is 5.97 Å². The van der Waals surface area contributed by atoms with E-state index in [1.807, 2.05) is 20.8 Å². The molecule has 4 rings (SSSR count). The van der Waals surface area contributed by atoms with E-state index >= 15 is 8.78 Å². The fraction of sp³-hybridized carbons (Fsp3) is 0.382. The molecule has 12 heteroatoms. The van der Waals surface area contributed by atoms with Gasteiger partial charge < -0.3 is 24.8 Å². The lowest BCUT2D eigenvalue weighted by Crippen LogP contribution is -2.45. The number of benzene rings is 3. The fourth-order valence-corrected chi connectivity index (χ4v) is 6.33. The van der Waals surface area contributed by atoms with Crippen LogP contribution in [0.2, 0.25) is 10.0 Å². The van der Waals surface area contributed by atoms with E-state index in [9.17, 15) is 14.9 Å². The number of nitriles is 1. The highest BCUT2D eigenvalue weighted by atomic mass is 35.5. The molecule has 3 aromatic carbocycles. The Morgan fingerprint density at radius 1 is 1.07 bits per heavy atom. The van der Waals surface area contributed by atoms with Crippen LogP contribution in [0.4, 0.5) is 14.5 Å². The molecule has 0 saturated carbocycles. The summed E-state index contributed by atoms with van der Waals surface area (Å²) in [5.41, 5.74) is -1.87. The number of amides is 1. The van der Waals surface area contributed by atoms with Crippen molar-refractivity contribution in [3.63, 3.8) is 0 Å². The second kappa shape index (κ2) is 14.3. The van der Waals surface area contributed by atoms with Gasteiger partial charge in [0.05, 0.1) is 42.1 Å². The van der Waals surface area contributed by atoms with Crippen LogP contribution in [0.25, 0.3) is 0 Å². The van der Waals surface area contributed by atoms with Gasteiger partial charge in [0.25, 0.3) is 0 Å². The van der Waals surface area contributed by atoms with E-state index in [4.69, 9.17) is 37.4 Å². The van der Waals surface area contributed by atoms with Crippen LogP contribution in [-0.4, -0.2) is 51.4 Å². The van der Waals surface area contributed by atoms with Crippen molar-refractivity contribution in [1.29, 1.82) is 5.26 Å². The van der Waals surface area contributed by atoms with Crippen molar-refractivity contribution in [3.05, 3.63) is 93.0 Å². The summed E-state index contributed by atoms with van der Waals surface area (Å²) >= 11 is 12.3. The molecule has 1 aliphatic rings. The summed E-state index contributed by atoms with van der Waals surface area (Å²) in [4.78, 5) is 26.7. The number of rotatable bonds is 10. The first-order valence-corrected chi connectivity index (χ1v) is 15.2. The van der Waals surface area contributed by atoms with Gasteiger partial charge in [-0.05, 0) is 53.8 Å². The molecule has 3 aromatic rings. The van der Waals surface area contributed by atoms with Gasteiger partial charge in [-0.15, -0.1) is 0 Å². The molecule has 2 N–H and O–H groups in total. The third-order valence-corrected chi connectivity index (χ3v) is 8.47. The molecule has 0 aromatic heterocycles. The number of carbonyl (C=O) groups is 2. The van der Waals surface area contributed by atoms with Crippen molar-refractivity contribution in [2.24, 2.45) is 5.41 Å². The Labute approximate surface area is 276 Å². The number of esters is 1. The molecule has 0 radical (unpaired) electrons. The van der Waals surface area contributed by atoms with Gasteiger partial charge in [0, 0.05) is 29.7 Å². The molecule has 46 heavy (non-hydrogen) atoms. The van der Waals surface area contributed by atoms with Crippen molar-refractivity contribution in [1.82, 2.24) is 5.32 Å². The second-order valence-electron chi connectivity index (χ2n) is 12.2. The summed E-state index contributed by atoms with van der Waals surface area (Å²) in [6.45, 7) is 6.12. The maximum absolute atomic E-state index is 15.9. The normalized spacial score (nSPS) is 21.0. The van der Waals surface area contributed by atoms with Crippen LogP contribution in [-0.2, 0) is 19.7 Å². The van der Waals surface area contributed by atoms with E-state index in [1.165, 1.54) is 62.8 Å². The van der Waals surface area contributed by atoms with Gasteiger partial charge in [0.1, 0.15) is 29.4 Å². The summed E-state index contributed by atoms with van der Waals surface area (Å²) in [7, 11) is 2.85. The molecule has 4 atom stereocenters. The molecule has 244 valence electrons. The molecule has 1 saturated heterocycles. The van der Waals surface area contributed by atoms with Crippen LogP contribution in [0, 0.1) is 28.4 Å². The van der Waals surface area contributed by atoms with Crippen LogP contribution in [0.1, 0.15) is 54.6 Å². The quantitative estimate of drug-likeness (QED) is 0.175. The van der Waals surface area contributed by atoms with Gasteiger partial charge in [0.15, 0.2) is 0 Å². The van der Waals surface area contributed by atoms with E-state index < -0.39 is 52.3 Å². The molecule has 8 nitrogen and oxygen atoms in total. The average molecular weight is 675 g/mol. The number of nitrogens with one attached hydrogen (secondary N) is 2. The van der Waals surface area contributed by atoms with Gasteiger partial charge in [-0.3, -0.25) is 4.79 Å². The van der Waals surface area contributed by atoms with Gasteiger partial charge in [-0.1, -0.05) is 62.2 Å². The molecule has 1 amide bonds. The van der Waals surface area contributed by atoms with Crippen LogP contribution in [0.3, 0.4) is 0 Å². The average Bonchev–Trinajstić information content (AvgIpc) is 3.31. The van der Waals surface area contributed by atoms with Gasteiger partial charge in [0.2, 0.25) is 5.91 Å². The molecule has 1 aliphatic heterocycles. The zero-order chi connectivity index (χ0) is 33.8. The molecular weight excluding hydrogens is 639 g/mol. The van der Waals surface area contributed by atoms with Crippen molar-refractivity contribution in [3.8, 4) is 11.8 Å². The number of methoxy groups -OCH3 is 2. The largest absolute Gasteiger partial charge is 0.495 e. The maximum atomic E-state index is 15.9. The summed E-state index contributed by atoms with van der Waals surface area (Å²) < 4.78 is 47.3. The minimum Gasteiger partial charge on any atom is -0.495 e. The highest BCUT2D eigenvalue weighted by molar-refractivity contribution is 6.31. The lowest BCUT2D eigenvalue weighted by atomic mass is 9.62. The predicted octanol–water partition coefficient (Wildman–Crippen LogP) is 7.04. The highest BCUT2D eigenvalue weighted by Gasteiger charge is 2.61. The monoisotopic (exact) mass is 673 g/mol. The molecule has 0 bridgehead atoms. The third kappa shape index (κ3) is 7.13. The van der Waals surface area contributed by atoms with E-state index in [-0.39, 0.29) is 51.4 Å². The number of hydrogen-bond donors (Lipinski definition) is 2. The summed E-state index contributed by atoms with van der Waals surface area (Å²) in [6.07, 6.45) is 0.314. The van der Waals surface area contributed by atoms with Crippen LogP contribution < -0.4 is 15.4 Å². The zero-order valence-electron chi connectivity index (χ0n) is 26.0.